The van der Waals surface area contributed by atoms with Gasteiger partial charge in [0.2, 0.25) is 0 Å². The van der Waals surface area contributed by atoms with E-state index in [1.165, 1.54) is 0 Å². The van der Waals surface area contributed by atoms with E-state index in [1.807, 2.05) is 84.3 Å². The molecule has 0 bridgehead atoms. The van der Waals surface area contributed by atoms with Crippen LogP contribution in [0.25, 0.3) is 0 Å². The first-order chi connectivity index (χ1) is 10.7. The summed E-state index contributed by atoms with van der Waals surface area (Å²) < 4.78 is 15.8. The quantitative estimate of drug-likeness (QED) is 0.834. The van der Waals surface area contributed by atoms with Gasteiger partial charge in [0.25, 0.3) is 16.9 Å². The summed E-state index contributed by atoms with van der Waals surface area (Å²) in [5.41, 5.74) is 0. The van der Waals surface area contributed by atoms with Crippen LogP contribution in [0.1, 0.15) is 0 Å². The molecule has 0 saturated carbocycles. The topological polar surface area (TPSA) is 49.0 Å². The molecule has 0 spiro atoms. The van der Waals surface area contributed by atoms with Gasteiger partial charge in [-0.1, -0.05) is 36.4 Å². The molecular formula is C14H18N4O2P2. The number of benzene rings is 2. The van der Waals surface area contributed by atoms with Gasteiger partial charge in [-0.15, -0.1) is 0 Å². The number of para-hydroxylation sites is 2. The largest absolute Gasteiger partial charge is 0.443 e. The van der Waals surface area contributed by atoms with E-state index >= 15 is 0 Å². The van der Waals surface area contributed by atoms with Gasteiger partial charge in [0.1, 0.15) is 11.5 Å². The van der Waals surface area contributed by atoms with Crippen LogP contribution in [0, 0.1) is 0 Å². The summed E-state index contributed by atoms with van der Waals surface area (Å²) in [6.07, 6.45) is 0. The molecule has 0 radical (unpaired) electrons. The van der Waals surface area contributed by atoms with Crippen molar-refractivity contribution < 1.29 is 9.05 Å². The minimum Gasteiger partial charge on any atom is -0.443 e. The third-order valence-electron chi connectivity index (χ3n) is 2.85. The van der Waals surface area contributed by atoms with Gasteiger partial charge < -0.3 is 9.05 Å². The summed E-state index contributed by atoms with van der Waals surface area (Å²) >= 11 is 0. The molecule has 0 aromatic heterocycles. The Hall–Kier alpha value is -1.26. The van der Waals surface area contributed by atoms with Crippen molar-refractivity contribution in [1.82, 2.24) is 20.0 Å². The molecule has 2 aromatic carbocycles. The minimum absolute atomic E-state index is 0.825. The van der Waals surface area contributed by atoms with E-state index in [2.05, 4.69) is 10.4 Å². The zero-order valence-corrected chi connectivity index (χ0v) is 14.2. The van der Waals surface area contributed by atoms with Gasteiger partial charge in [0.05, 0.1) is 0 Å². The van der Waals surface area contributed by atoms with E-state index in [4.69, 9.17) is 9.05 Å². The first kappa shape index (κ1) is 15.6. The second kappa shape index (κ2) is 7.34. The molecule has 2 N–H and O–H groups in total. The van der Waals surface area contributed by atoms with E-state index in [9.17, 15) is 0 Å². The average molecular weight is 336 g/mol. The fourth-order valence-electron chi connectivity index (χ4n) is 1.89. The van der Waals surface area contributed by atoms with Crippen molar-refractivity contribution in [2.75, 3.05) is 14.1 Å². The Morgan fingerprint density at radius 3 is 1.68 bits per heavy atom. The summed E-state index contributed by atoms with van der Waals surface area (Å²) in [5, 5.41) is 6.59. The molecular weight excluding hydrogens is 318 g/mol. The lowest BCUT2D eigenvalue weighted by molar-refractivity contribution is 0.315. The second-order valence-electron chi connectivity index (χ2n) is 4.60. The maximum Gasteiger partial charge on any atom is 0.277 e. The van der Waals surface area contributed by atoms with Crippen molar-refractivity contribution in [3.63, 3.8) is 0 Å². The molecule has 1 aliphatic heterocycles. The number of hydrogen-bond acceptors (Lipinski definition) is 6. The second-order valence-corrected chi connectivity index (χ2v) is 7.66. The summed E-state index contributed by atoms with van der Waals surface area (Å²) in [6.45, 7) is 0. The maximum atomic E-state index is 6.02. The van der Waals surface area contributed by atoms with Crippen molar-refractivity contribution in [2.24, 2.45) is 0 Å². The van der Waals surface area contributed by atoms with Crippen LogP contribution >= 0.6 is 16.9 Å². The highest BCUT2D eigenvalue weighted by Gasteiger charge is 2.34. The van der Waals surface area contributed by atoms with Crippen LogP contribution in [0.4, 0.5) is 0 Å². The van der Waals surface area contributed by atoms with Crippen LogP contribution in [0.3, 0.4) is 0 Å². The van der Waals surface area contributed by atoms with Gasteiger partial charge in [-0.2, -0.15) is 20.0 Å². The molecule has 1 fully saturated rings. The monoisotopic (exact) mass is 336 g/mol. The van der Waals surface area contributed by atoms with Crippen molar-refractivity contribution in [3.05, 3.63) is 60.7 Å². The third-order valence-corrected chi connectivity index (χ3v) is 6.13. The normalized spacial score (nSPS) is 23.2. The predicted octanol–water partition coefficient (Wildman–Crippen LogP) is 3.48. The molecule has 2 aromatic rings. The molecule has 0 atom stereocenters. The van der Waals surface area contributed by atoms with Gasteiger partial charge in [0.15, 0.2) is 0 Å². The Morgan fingerprint density at radius 2 is 1.18 bits per heavy atom. The van der Waals surface area contributed by atoms with Gasteiger partial charge in [0, 0.05) is 14.1 Å². The zero-order valence-electron chi connectivity index (χ0n) is 12.4. The SMILES string of the molecule is CN1NP(Oc2ccccc2)NN(C)P1Oc1ccccc1. The summed E-state index contributed by atoms with van der Waals surface area (Å²) in [4.78, 5) is 0. The molecule has 22 heavy (non-hydrogen) atoms. The highest BCUT2D eigenvalue weighted by atomic mass is 31.2. The fourth-order valence-corrected chi connectivity index (χ4v) is 4.93. The first-order valence-electron chi connectivity index (χ1n) is 6.78. The zero-order chi connectivity index (χ0) is 15.4. The number of hydrazine groups is 2. The van der Waals surface area contributed by atoms with Crippen molar-refractivity contribution in [1.29, 1.82) is 0 Å². The highest BCUT2D eigenvalue weighted by molar-refractivity contribution is 7.54. The van der Waals surface area contributed by atoms with Crippen LogP contribution in [-0.4, -0.2) is 23.7 Å². The Labute approximate surface area is 132 Å². The molecule has 8 heteroatoms. The van der Waals surface area contributed by atoms with Crippen LogP contribution < -0.4 is 19.4 Å². The van der Waals surface area contributed by atoms with Crippen LogP contribution in [0.15, 0.2) is 60.7 Å². The molecule has 6 nitrogen and oxygen atoms in total. The van der Waals surface area contributed by atoms with E-state index in [1.54, 1.807) is 0 Å². The van der Waals surface area contributed by atoms with Crippen molar-refractivity contribution >= 4 is 16.9 Å². The number of nitrogens with zero attached hydrogens (tertiary/aromatic N) is 2. The lowest BCUT2D eigenvalue weighted by atomic mass is 10.3. The van der Waals surface area contributed by atoms with E-state index in [0.717, 1.165) is 11.5 Å². The summed E-state index contributed by atoms with van der Waals surface area (Å²) in [5.74, 6) is 1.66. The average Bonchev–Trinajstić information content (AvgIpc) is 2.53. The molecule has 116 valence electrons. The number of hydrogen-bond donors (Lipinski definition) is 2. The Kier molecular flexibility index (Phi) is 5.21. The minimum atomic E-state index is -1.04. The van der Waals surface area contributed by atoms with E-state index in [-0.39, 0.29) is 0 Å². The summed E-state index contributed by atoms with van der Waals surface area (Å²) in [7, 11) is 1.88. The standard InChI is InChI=1S/C14H18N4O2P2/c1-17-15-21(19-13-9-5-3-6-10-13)16-18(2)22(17)20-14-11-7-4-8-12-14/h3-12,15-16H,1-2H3. The predicted molar refractivity (Wildman–Crippen MR) is 89.8 cm³/mol. The van der Waals surface area contributed by atoms with Gasteiger partial charge in [-0.3, -0.25) is 0 Å². The molecule has 1 saturated heterocycles. The number of nitrogens with one attached hydrogen (secondary N) is 2. The Morgan fingerprint density at radius 1 is 0.727 bits per heavy atom. The fraction of sp³-hybridized carbons (Fsp3) is 0.143. The van der Waals surface area contributed by atoms with E-state index in [0.29, 0.717) is 0 Å². The lowest BCUT2D eigenvalue weighted by Crippen LogP contribution is -2.47. The van der Waals surface area contributed by atoms with E-state index < -0.39 is 16.9 Å². The van der Waals surface area contributed by atoms with Crippen LogP contribution in [-0.2, 0) is 0 Å². The van der Waals surface area contributed by atoms with Crippen molar-refractivity contribution in [3.8, 4) is 11.5 Å². The molecule has 0 aliphatic carbocycles. The van der Waals surface area contributed by atoms with Gasteiger partial charge in [-0.05, 0) is 24.3 Å². The first-order valence-corrected chi connectivity index (χ1v) is 9.21. The maximum absolute atomic E-state index is 6.02. The van der Waals surface area contributed by atoms with Crippen molar-refractivity contribution in [2.45, 2.75) is 0 Å². The molecule has 0 amide bonds. The van der Waals surface area contributed by atoms with Crippen LogP contribution in [0.5, 0.6) is 11.5 Å². The molecule has 1 heterocycles. The molecule has 0 unspecified atom stereocenters. The van der Waals surface area contributed by atoms with Gasteiger partial charge in [-0.25, -0.2) is 0 Å². The Bertz CT molecular complexity index is 578. The van der Waals surface area contributed by atoms with Crippen LogP contribution in [0.2, 0.25) is 0 Å². The van der Waals surface area contributed by atoms with Gasteiger partial charge >= 0.3 is 0 Å². The molecule has 3 rings (SSSR count). The Balaban J connectivity index is 1.61. The number of rotatable bonds is 4. The highest BCUT2D eigenvalue weighted by Crippen LogP contribution is 2.49. The summed E-state index contributed by atoms with van der Waals surface area (Å²) in [6, 6.07) is 19.5. The smallest absolute Gasteiger partial charge is 0.277 e. The lowest BCUT2D eigenvalue weighted by Gasteiger charge is -2.41. The third kappa shape index (κ3) is 3.93. The molecule has 1 aliphatic rings.